The van der Waals surface area contributed by atoms with E-state index in [0.717, 1.165) is 16.2 Å². The molecule has 0 heterocycles. The molecule has 0 aliphatic rings. The van der Waals surface area contributed by atoms with Gasteiger partial charge in [-0.1, -0.05) is 84.4 Å². The first kappa shape index (κ1) is 19.4. The van der Waals surface area contributed by atoms with Gasteiger partial charge in [-0.25, -0.2) is 0 Å². The lowest BCUT2D eigenvalue weighted by atomic mass is 10.1. The minimum Gasteiger partial charge on any atom is -0.457 e. The summed E-state index contributed by atoms with van der Waals surface area (Å²) >= 11 is 5.98. The number of ether oxygens (including phenoxy) is 1. The molecule has 0 aromatic heterocycles. The summed E-state index contributed by atoms with van der Waals surface area (Å²) in [5, 5.41) is 2.07. The van der Waals surface area contributed by atoms with Crippen molar-refractivity contribution in [2.75, 3.05) is 6.16 Å². The van der Waals surface area contributed by atoms with Crippen molar-refractivity contribution in [3.8, 4) is 0 Å². The van der Waals surface area contributed by atoms with Gasteiger partial charge in [-0.05, 0) is 17.7 Å². The molecular formula is C22H20ClO3P. The van der Waals surface area contributed by atoms with E-state index in [1.54, 1.807) is 24.3 Å². The number of hydrogen-bond acceptors (Lipinski definition) is 3. The largest absolute Gasteiger partial charge is 0.457 e. The number of esters is 1. The average molecular weight is 399 g/mol. The van der Waals surface area contributed by atoms with Crippen molar-refractivity contribution in [2.24, 2.45) is 0 Å². The number of carbonyl (C=O) groups excluding carboxylic acids is 1. The first-order valence-electron chi connectivity index (χ1n) is 8.62. The summed E-state index contributed by atoms with van der Waals surface area (Å²) < 4.78 is 19.8. The summed E-state index contributed by atoms with van der Waals surface area (Å²) in [5.41, 5.74) is 0.765. The van der Waals surface area contributed by atoms with E-state index in [0.29, 0.717) is 5.02 Å². The molecule has 3 aromatic carbocycles. The van der Waals surface area contributed by atoms with Crippen LogP contribution in [-0.4, -0.2) is 12.1 Å². The molecule has 138 valence electrons. The lowest BCUT2D eigenvalue weighted by Crippen LogP contribution is -2.23. The third-order valence-electron chi connectivity index (χ3n) is 4.32. The molecule has 0 aliphatic heterocycles. The highest BCUT2D eigenvalue weighted by atomic mass is 35.5. The van der Waals surface area contributed by atoms with Crippen LogP contribution in [0, 0.1) is 0 Å². The van der Waals surface area contributed by atoms with Crippen LogP contribution in [0.3, 0.4) is 0 Å². The normalized spacial score (nSPS) is 12.4. The summed E-state index contributed by atoms with van der Waals surface area (Å²) in [7, 11) is -3.02. The molecule has 1 unspecified atom stereocenters. The molecule has 0 fully saturated rings. The zero-order valence-corrected chi connectivity index (χ0v) is 16.6. The average Bonchev–Trinajstić information content (AvgIpc) is 2.69. The quantitative estimate of drug-likeness (QED) is 0.435. The Labute approximate surface area is 164 Å². The highest BCUT2D eigenvalue weighted by Crippen LogP contribution is 2.47. The Kier molecular flexibility index (Phi) is 6.15. The van der Waals surface area contributed by atoms with Gasteiger partial charge in [0.2, 0.25) is 0 Å². The zero-order chi connectivity index (χ0) is 19.3. The second-order valence-electron chi connectivity index (χ2n) is 6.24. The fourth-order valence-corrected chi connectivity index (χ4v) is 5.93. The van der Waals surface area contributed by atoms with Crippen LogP contribution < -0.4 is 10.6 Å². The summed E-state index contributed by atoms with van der Waals surface area (Å²) in [4.78, 5) is 11.7. The van der Waals surface area contributed by atoms with Crippen LogP contribution in [0.1, 0.15) is 18.6 Å². The van der Waals surface area contributed by atoms with Gasteiger partial charge in [-0.15, -0.1) is 0 Å². The van der Waals surface area contributed by atoms with Crippen molar-refractivity contribution in [3.05, 3.63) is 95.5 Å². The molecule has 0 spiro atoms. The smallest absolute Gasteiger partial charge is 0.303 e. The Balaban J connectivity index is 2.07. The number of hydrogen-bond donors (Lipinski definition) is 0. The number of benzene rings is 3. The van der Waals surface area contributed by atoms with Crippen molar-refractivity contribution in [3.63, 3.8) is 0 Å². The molecule has 0 N–H and O–H groups in total. The maximum atomic E-state index is 14.2. The van der Waals surface area contributed by atoms with Gasteiger partial charge in [0, 0.05) is 22.6 Å². The molecule has 0 bridgehead atoms. The summed E-state index contributed by atoms with van der Waals surface area (Å²) in [6.07, 6.45) is -0.451. The molecule has 5 heteroatoms. The topological polar surface area (TPSA) is 43.4 Å². The minimum absolute atomic E-state index is 0.183. The molecular weight excluding hydrogens is 379 g/mol. The van der Waals surface area contributed by atoms with Crippen LogP contribution in [0.4, 0.5) is 0 Å². The zero-order valence-electron chi connectivity index (χ0n) is 14.9. The predicted molar refractivity (Wildman–Crippen MR) is 111 cm³/mol. The van der Waals surface area contributed by atoms with E-state index in [2.05, 4.69) is 0 Å². The van der Waals surface area contributed by atoms with E-state index in [4.69, 9.17) is 16.3 Å². The van der Waals surface area contributed by atoms with Gasteiger partial charge in [-0.2, -0.15) is 0 Å². The summed E-state index contributed by atoms with van der Waals surface area (Å²) in [5.74, 6) is -0.414. The number of carbonyl (C=O) groups is 1. The van der Waals surface area contributed by atoms with Gasteiger partial charge in [0.05, 0.1) is 6.16 Å². The van der Waals surface area contributed by atoms with Crippen LogP contribution in [0.25, 0.3) is 0 Å². The maximum Gasteiger partial charge on any atom is 0.303 e. The molecule has 0 radical (unpaired) electrons. The van der Waals surface area contributed by atoms with Gasteiger partial charge in [-0.3, -0.25) is 4.79 Å². The van der Waals surface area contributed by atoms with E-state index in [1.165, 1.54) is 6.92 Å². The highest BCUT2D eigenvalue weighted by Gasteiger charge is 2.32. The van der Waals surface area contributed by atoms with E-state index >= 15 is 0 Å². The van der Waals surface area contributed by atoms with Gasteiger partial charge < -0.3 is 9.30 Å². The molecule has 27 heavy (non-hydrogen) atoms. The van der Waals surface area contributed by atoms with Crippen molar-refractivity contribution in [1.29, 1.82) is 0 Å². The number of rotatable bonds is 6. The third kappa shape index (κ3) is 4.68. The van der Waals surface area contributed by atoms with E-state index in [-0.39, 0.29) is 6.16 Å². The van der Waals surface area contributed by atoms with Crippen molar-refractivity contribution in [2.45, 2.75) is 13.0 Å². The Morgan fingerprint density at radius 1 is 0.889 bits per heavy atom. The van der Waals surface area contributed by atoms with Crippen molar-refractivity contribution in [1.82, 2.24) is 0 Å². The summed E-state index contributed by atoms with van der Waals surface area (Å²) in [6, 6.07) is 25.8. The fraction of sp³-hybridized carbons (Fsp3) is 0.136. The third-order valence-corrected chi connectivity index (χ3v) is 7.68. The van der Waals surface area contributed by atoms with Crippen LogP contribution in [-0.2, 0) is 14.1 Å². The highest BCUT2D eigenvalue weighted by molar-refractivity contribution is 7.78. The predicted octanol–water partition coefficient (Wildman–Crippen LogP) is 4.96. The first-order valence-corrected chi connectivity index (χ1v) is 10.9. The SMILES string of the molecule is CC(=O)OC(CP(=O)(c1ccccc1)c1ccccc1)c1ccc(Cl)cc1. The van der Waals surface area contributed by atoms with Crippen molar-refractivity contribution >= 4 is 35.3 Å². The van der Waals surface area contributed by atoms with Gasteiger partial charge >= 0.3 is 5.97 Å². The molecule has 3 aromatic rings. The second-order valence-corrected chi connectivity index (χ2v) is 9.56. The monoisotopic (exact) mass is 398 g/mol. The molecule has 0 aliphatic carbocycles. The molecule has 0 saturated heterocycles. The molecule has 0 saturated carbocycles. The van der Waals surface area contributed by atoms with E-state index in [9.17, 15) is 9.36 Å². The van der Waals surface area contributed by atoms with E-state index < -0.39 is 19.2 Å². The molecule has 3 rings (SSSR count). The number of halogens is 1. The Morgan fingerprint density at radius 3 is 1.81 bits per heavy atom. The first-order chi connectivity index (χ1) is 13.0. The van der Waals surface area contributed by atoms with Gasteiger partial charge in [0.15, 0.2) is 0 Å². The summed E-state index contributed by atoms with van der Waals surface area (Å²) in [6.45, 7) is 1.36. The van der Waals surface area contributed by atoms with Gasteiger partial charge in [0.25, 0.3) is 0 Å². The fourth-order valence-electron chi connectivity index (χ4n) is 3.02. The lowest BCUT2D eigenvalue weighted by molar-refractivity contribution is -0.145. The maximum absolute atomic E-state index is 14.2. The lowest BCUT2D eigenvalue weighted by Gasteiger charge is -2.25. The van der Waals surface area contributed by atoms with Crippen LogP contribution in [0.2, 0.25) is 5.02 Å². The minimum atomic E-state index is -3.02. The van der Waals surface area contributed by atoms with Crippen LogP contribution in [0.15, 0.2) is 84.9 Å². The Hall–Kier alpha value is -2.35. The van der Waals surface area contributed by atoms with E-state index in [1.807, 2.05) is 60.7 Å². The van der Waals surface area contributed by atoms with Gasteiger partial charge in [0.1, 0.15) is 13.2 Å². The van der Waals surface area contributed by atoms with Crippen molar-refractivity contribution < 1.29 is 14.1 Å². The Morgan fingerprint density at radius 2 is 1.37 bits per heavy atom. The molecule has 0 amide bonds. The molecule has 3 nitrogen and oxygen atoms in total. The van der Waals surface area contributed by atoms with Crippen LogP contribution >= 0.6 is 18.7 Å². The standard InChI is InChI=1S/C22H20ClO3P/c1-17(24)26-22(18-12-14-19(23)15-13-18)16-27(25,20-8-4-2-5-9-20)21-10-6-3-7-11-21/h2-15,22H,16H2,1H3. The molecule has 1 atom stereocenters. The van der Waals surface area contributed by atoms with Crippen LogP contribution in [0.5, 0.6) is 0 Å². The second kappa shape index (κ2) is 8.56. The Bertz CT molecular complexity index is 897.